The molecule has 1 heterocycles. The highest BCUT2D eigenvalue weighted by molar-refractivity contribution is 5.79. The molecule has 1 N–H and O–H groups in total. The van der Waals surface area contributed by atoms with Crippen molar-refractivity contribution in [3.8, 4) is 22.9 Å². The minimum atomic E-state index is -0.170. The predicted molar refractivity (Wildman–Crippen MR) is 115 cm³/mol. The summed E-state index contributed by atoms with van der Waals surface area (Å²) >= 11 is 0. The van der Waals surface area contributed by atoms with Crippen molar-refractivity contribution in [2.45, 2.75) is 0 Å². The summed E-state index contributed by atoms with van der Waals surface area (Å²) < 4.78 is 11.3. The standard InChI is InChI=1S/C24H20N2O3/c1-28-22-16-18(23-25-20-12-6-5-11-19(20)24(27)26-23)13-14-21(22)29-15-7-10-17-8-3-2-4-9-17/h2-14,16H,15H2,1H3,(H,25,26,27). The number of para-hydroxylation sites is 1. The molecule has 0 saturated heterocycles. The van der Waals surface area contributed by atoms with E-state index in [0.717, 1.165) is 11.1 Å². The average Bonchev–Trinajstić information content (AvgIpc) is 2.77. The quantitative estimate of drug-likeness (QED) is 0.524. The number of hydrogen-bond acceptors (Lipinski definition) is 4. The van der Waals surface area contributed by atoms with Crippen LogP contribution in [0.15, 0.2) is 83.7 Å². The number of hydrogen-bond donors (Lipinski definition) is 1. The Morgan fingerprint density at radius 1 is 0.966 bits per heavy atom. The monoisotopic (exact) mass is 384 g/mol. The molecule has 0 radical (unpaired) electrons. The lowest BCUT2D eigenvalue weighted by Gasteiger charge is -2.11. The number of aromatic nitrogens is 2. The van der Waals surface area contributed by atoms with Crippen LogP contribution in [0.2, 0.25) is 0 Å². The van der Waals surface area contributed by atoms with Crippen molar-refractivity contribution in [1.29, 1.82) is 0 Å². The summed E-state index contributed by atoms with van der Waals surface area (Å²) in [4.78, 5) is 19.7. The third-order valence-corrected chi connectivity index (χ3v) is 4.49. The van der Waals surface area contributed by atoms with Gasteiger partial charge in [0.1, 0.15) is 12.4 Å². The summed E-state index contributed by atoms with van der Waals surface area (Å²) in [5.41, 5.74) is 2.34. The van der Waals surface area contributed by atoms with Gasteiger partial charge < -0.3 is 14.5 Å². The summed E-state index contributed by atoms with van der Waals surface area (Å²) in [5, 5.41) is 0.563. The normalized spacial score (nSPS) is 11.1. The van der Waals surface area contributed by atoms with Gasteiger partial charge in [-0.2, -0.15) is 0 Å². The van der Waals surface area contributed by atoms with Crippen LogP contribution < -0.4 is 15.0 Å². The topological polar surface area (TPSA) is 64.2 Å². The van der Waals surface area contributed by atoms with E-state index in [0.29, 0.717) is 34.8 Å². The van der Waals surface area contributed by atoms with E-state index in [1.54, 1.807) is 13.2 Å². The molecule has 1 aromatic heterocycles. The van der Waals surface area contributed by atoms with Gasteiger partial charge in [-0.1, -0.05) is 48.5 Å². The third-order valence-electron chi connectivity index (χ3n) is 4.49. The Kier molecular flexibility index (Phi) is 5.38. The molecule has 0 amide bonds. The van der Waals surface area contributed by atoms with Crippen molar-refractivity contribution in [1.82, 2.24) is 9.97 Å². The first-order valence-electron chi connectivity index (χ1n) is 9.26. The van der Waals surface area contributed by atoms with Crippen LogP contribution in [-0.4, -0.2) is 23.7 Å². The minimum Gasteiger partial charge on any atom is -0.493 e. The molecule has 0 aliphatic carbocycles. The van der Waals surface area contributed by atoms with Gasteiger partial charge in [0.2, 0.25) is 0 Å². The third kappa shape index (κ3) is 4.19. The smallest absolute Gasteiger partial charge is 0.259 e. The zero-order chi connectivity index (χ0) is 20.1. The van der Waals surface area contributed by atoms with Gasteiger partial charge in [-0.3, -0.25) is 4.79 Å². The van der Waals surface area contributed by atoms with Crippen molar-refractivity contribution in [3.05, 3.63) is 94.8 Å². The number of benzene rings is 3. The molecular weight excluding hydrogens is 364 g/mol. The van der Waals surface area contributed by atoms with E-state index >= 15 is 0 Å². The number of fused-ring (bicyclic) bond motifs is 1. The maximum Gasteiger partial charge on any atom is 0.259 e. The van der Waals surface area contributed by atoms with Crippen molar-refractivity contribution in [3.63, 3.8) is 0 Å². The zero-order valence-electron chi connectivity index (χ0n) is 16.0. The molecule has 0 fully saturated rings. The Hall–Kier alpha value is -3.86. The van der Waals surface area contributed by atoms with E-state index in [4.69, 9.17) is 9.47 Å². The summed E-state index contributed by atoms with van der Waals surface area (Å²) in [5.74, 6) is 1.69. The molecule has 0 aliphatic heterocycles. The number of rotatable bonds is 6. The summed E-state index contributed by atoms with van der Waals surface area (Å²) in [6, 6.07) is 22.8. The molecule has 0 spiro atoms. The van der Waals surface area contributed by atoms with Crippen LogP contribution in [0.4, 0.5) is 0 Å². The van der Waals surface area contributed by atoms with Gasteiger partial charge >= 0.3 is 0 Å². The van der Waals surface area contributed by atoms with Crippen molar-refractivity contribution in [2.75, 3.05) is 13.7 Å². The Morgan fingerprint density at radius 2 is 1.76 bits per heavy atom. The number of nitrogens with one attached hydrogen (secondary N) is 1. The van der Waals surface area contributed by atoms with Crippen LogP contribution in [0.5, 0.6) is 11.5 Å². The van der Waals surface area contributed by atoms with Gasteiger partial charge in [0.25, 0.3) is 5.56 Å². The average molecular weight is 384 g/mol. The van der Waals surface area contributed by atoms with Crippen LogP contribution in [-0.2, 0) is 0 Å². The Balaban J connectivity index is 1.55. The lowest BCUT2D eigenvalue weighted by Crippen LogP contribution is -2.09. The number of H-pyrrole nitrogens is 1. The van der Waals surface area contributed by atoms with E-state index in [1.807, 2.05) is 78.9 Å². The second-order valence-corrected chi connectivity index (χ2v) is 6.42. The highest BCUT2D eigenvalue weighted by Gasteiger charge is 2.10. The fourth-order valence-corrected chi connectivity index (χ4v) is 3.04. The van der Waals surface area contributed by atoms with Crippen LogP contribution >= 0.6 is 0 Å². The molecule has 4 rings (SSSR count). The van der Waals surface area contributed by atoms with E-state index in [-0.39, 0.29) is 5.56 Å². The Morgan fingerprint density at radius 3 is 2.59 bits per heavy atom. The molecule has 0 unspecified atom stereocenters. The maximum atomic E-state index is 12.3. The van der Waals surface area contributed by atoms with Crippen molar-refractivity contribution >= 4 is 17.0 Å². The molecule has 3 aromatic carbocycles. The second-order valence-electron chi connectivity index (χ2n) is 6.42. The molecule has 0 saturated carbocycles. The Labute approximate surface area is 168 Å². The highest BCUT2D eigenvalue weighted by Crippen LogP contribution is 2.31. The molecule has 5 nitrogen and oxygen atoms in total. The Bertz CT molecular complexity index is 1210. The van der Waals surface area contributed by atoms with Crippen LogP contribution in [0.1, 0.15) is 5.56 Å². The molecular formula is C24H20N2O3. The van der Waals surface area contributed by atoms with Gasteiger partial charge in [0.05, 0.1) is 18.0 Å². The van der Waals surface area contributed by atoms with Crippen molar-refractivity contribution < 1.29 is 9.47 Å². The first kappa shape index (κ1) is 18.5. The van der Waals surface area contributed by atoms with Gasteiger partial charge in [-0.15, -0.1) is 0 Å². The molecule has 5 heteroatoms. The summed E-state index contributed by atoms with van der Waals surface area (Å²) in [6.45, 7) is 0.412. The van der Waals surface area contributed by atoms with Gasteiger partial charge in [0.15, 0.2) is 11.5 Å². The number of methoxy groups -OCH3 is 1. The van der Waals surface area contributed by atoms with Crippen LogP contribution in [0.25, 0.3) is 28.4 Å². The first-order valence-corrected chi connectivity index (χ1v) is 9.26. The van der Waals surface area contributed by atoms with Crippen LogP contribution in [0.3, 0.4) is 0 Å². The molecule has 0 aliphatic rings. The molecule has 0 bridgehead atoms. The zero-order valence-corrected chi connectivity index (χ0v) is 16.0. The number of nitrogens with zero attached hydrogens (tertiary/aromatic N) is 1. The number of aromatic amines is 1. The molecule has 4 aromatic rings. The van der Waals surface area contributed by atoms with Crippen LogP contribution in [0, 0.1) is 0 Å². The maximum absolute atomic E-state index is 12.3. The fraction of sp³-hybridized carbons (Fsp3) is 0.0833. The first-order chi connectivity index (χ1) is 14.2. The van der Waals surface area contributed by atoms with Crippen molar-refractivity contribution in [2.24, 2.45) is 0 Å². The second kappa shape index (κ2) is 8.44. The molecule has 0 atom stereocenters. The van der Waals surface area contributed by atoms with E-state index in [9.17, 15) is 4.79 Å². The molecule has 29 heavy (non-hydrogen) atoms. The van der Waals surface area contributed by atoms with Gasteiger partial charge in [-0.25, -0.2) is 4.98 Å². The highest BCUT2D eigenvalue weighted by atomic mass is 16.5. The van der Waals surface area contributed by atoms with Gasteiger partial charge in [-0.05, 0) is 42.0 Å². The fourth-order valence-electron chi connectivity index (χ4n) is 3.04. The van der Waals surface area contributed by atoms with Gasteiger partial charge in [0, 0.05) is 5.56 Å². The minimum absolute atomic E-state index is 0.170. The lowest BCUT2D eigenvalue weighted by molar-refractivity contribution is 0.327. The largest absolute Gasteiger partial charge is 0.493 e. The van der Waals surface area contributed by atoms with E-state index in [2.05, 4.69) is 9.97 Å². The molecule has 144 valence electrons. The summed E-state index contributed by atoms with van der Waals surface area (Å²) in [6.07, 6.45) is 3.95. The predicted octanol–water partition coefficient (Wildman–Crippen LogP) is 4.69. The SMILES string of the molecule is COc1cc(-c2nc3ccccc3c(=O)[nH]2)ccc1OCC=Cc1ccccc1. The lowest BCUT2D eigenvalue weighted by atomic mass is 10.1. The van der Waals surface area contributed by atoms with E-state index in [1.165, 1.54) is 0 Å². The van der Waals surface area contributed by atoms with E-state index < -0.39 is 0 Å². The summed E-state index contributed by atoms with van der Waals surface area (Å²) in [7, 11) is 1.59. The number of ether oxygens (including phenoxy) is 2.